The second-order valence-electron chi connectivity index (χ2n) is 6.90. The second-order valence-corrected chi connectivity index (χ2v) is 7.74. The van der Waals surface area contributed by atoms with Gasteiger partial charge < -0.3 is 0 Å². The maximum absolute atomic E-state index is 12.4. The first-order valence-electron chi connectivity index (χ1n) is 9.65. The van der Waals surface area contributed by atoms with Gasteiger partial charge in [-0.3, -0.25) is 14.5 Å². The van der Waals surface area contributed by atoms with Crippen molar-refractivity contribution in [3.63, 3.8) is 0 Å². The highest BCUT2D eigenvalue weighted by Gasteiger charge is 2.21. The van der Waals surface area contributed by atoms with E-state index in [0.29, 0.717) is 16.4 Å². The molecule has 7 heteroatoms. The molecule has 3 rings (SSSR count). The van der Waals surface area contributed by atoms with Gasteiger partial charge in [0.15, 0.2) is 5.13 Å². The van der Waals surface area contributed by atoms with Crippen LogP contribution in [0.15, 0.2) is 52.9 Å². The number of carbonyl (C=O) groups is 2. The molecule has 0 aliphatic rings. The Morgan fingerprint density at radius 2 is 1.80 bits per heavy atom. The number of aryl methyl sites for hydroxylation is 3. The monoisotopic (exact) mass is 420 g/mol. The molecule has 2 amide bonds. The van der Waals surface area contributed by atoms with E-state index in [9.17, 15) is 9.59 Å². The van der Waals surface area contributed by atoms with Crippen LogP contribution in [0.25, 0.3) is 0 Å². The number of benzene rings is 2. The number of hydrazone groups is 1. The molecule has 0 aliphatic carbocycles. The lowest BCUT2D eigenvalue weighted by Crippen LogP contribution is -2.24. The van der Waals surface area contributed by atoms with Gasteiger partial charge >= 0.3 is 0 Å². The average Bonchev–Trinajstić information content (AvgIpc) is 3.18. The first kappa shape index (κ1) is 21.4. The smallest absolute Gasteiger partial charge is 0.271 e. The van der Waals surface area contributed by atoms with Gasteiger partial charge in [0.2, 0.25) is 5.91 Å². The number of aromatic nitrogens is 1. The van der Waals surface area contributed by atoms with Crippen molar-refractivity contribution in [3.05, 3.63) is 75.8 Å². The summed E-state index contributed by atoms with van der Waals surface area (Å²) in [4.78, 5) is 30.7. The predicted molar refractivity (Wildman–Crippen MR) is 122 cm³/mol. The van der Waals surface area contributed by atoms with Crippen molar-refractivity contribution in [2.75, 3.05) is 4.90 Å². The first-order valence-corrected chi connectivity index (χ1v) is 10.5. The maximum Gasteiger partial charge on any atom is 0.271 e. The Hall–Kier alpha value is -3.32. The Kier molecular flexibility index (Phi) is 6.74. The number of nitrogens with one attached hydrogen (secondary N) is 1. The lowest BCUT2D eigenvalue weighted by molar-refractivity contribution is -0.115. The molecule has 0 saturated heterocycles. The van der Waals surface area contributed by atoms with Crippen molar-refractivity contribution in [3.8, 4) is 0 Å². The van der Waals surface area contributed by atoms with E-state index in [-0.39, 0.29) is 11.8 Å². The summed E-state index contributed by atoms with van der Waals surface area (Å²) in [6.45, 7) is 7.52. The van der Waals surface area contributed by atoms with Crippen LogP contribution in [0.1, 0.15) is 46.6 Å². The van der Waals surface area contributed by atoms with Crippen molar-refractivity contribution in [1.82, 2.24) is 10.4 Å². The van der Waals surface area contributed by atoms with Crippen molar-refractivity contribution in [2.24, 2.45) is 5.10 Å². The van der Waals surface area contributed by atoms with E-state index in [4.69, 9.17) is 0 Å². The molecule has 1 heterocycles. The number of anilines is 2. The van der Waals surface area contributed by atoms with E-state index >= 15 is 0 Å². The molecular formula is C23H24N4O2S. The summed E-state index contributed by atoms with van der Waals surface area (Å²) < 4.78 is 0. The minimum Gasteiger partial charge on any atom is -0.274 e. The van der Waals surface area contributed by atoms with Crippen LogP contribution in [0.4, 0.5) is 10.8 Å². The molecule has 0 unspecified atom stereocenters. The number of nitrogens with zero attached hydrogens (tertiary/aromatic N) is 3. The molecule has 0 spiro atoms. The zero-order valence-electron chi connectivity index (χ0n) is 17.5. The van der Waals surface area contributed by atoms with E-state index < -0.39 is 0 Å². The molecule has 0 saturated carbocycles. The van der Waals surface area contributed by atoms with Crippen LogP contribution in [-0.2, 0) is 11.2 Å². The summed E-state index contributed by atoms with van der Waals surface area (Å²) in [5.74, 6) is -0.403. The van der Waals surface area contributed by atoms with Gasteiger partial charge in [-0.25, -0.2) is 10.4 Å². The highest BCUT2D eigenvalue weighted by molar-refractivity contribution is 7.14. The standard InChI is InChI=1S/C23H24N4O2S/c1-5-18-9-11-19(12-10-18)22(29)26-24-13-20-14-30-23(25-20)27(17(4)28)21-15(2)7-6-8-16(21)3/h6-14H,5H2,1-4H3,(H,26,29)/b24-13-. The Morgan fingerprint density at radius 1 is 1.13 bits per heavy atom. The molecule has 2 aromatic carbocycles. The third kappa shape index (κ3) is 4.80. The fourth-order valence-corrected chi connectivity index (χ4v) is 3.92. The second kappa shape index (κ2) is 9.45. The zero-order chi connectivity index (χ0) is 21.7. The van der Waals surface area contributed by atoms with Crippen molar-refractivity contribution >= 4 is 40.2 Å². The highest BCUT2D eigenvalue weighted by Crippen LogP contribution is 2.33. The summed E-state index contributed by atoms with van der Waals surface area (Å²) >= 11 is 1.35. The quantitative estimate of drug-likeness (QED) is 0.461. The number of para-hydroxylation sites is 1. The van der Waals surface area contributed by atoms with Crippen LogP contribution in [0.3, 0.4) is 0 Å². The molecule has 1 aromatic heterocycles. The van der Waals surface area contributed by atoms with E-state index in [2.05, 4.69) is 22.4 Å². The van der Waals surface area contributed by atoms with Gasteiger partial charge in [0.25, 0.3) is 5.91 Å². The lowest BCUT2D eigenvalue weighted by atomic mass is 10.1. The summed E-state index contributed by atoms with van der Waals surface area (Å²) in [5, 5.41) is 6.36. The fraction of sp³-hybridized carbons (Fsp3) is 0.217. The average molecular weight is 421 g/mol. The molecule has 0 bridgehead atoms. The van der Waals surface area contributed by atoms with E-state index in [1.54, 1.807) is 22.4 Å². The maximum atomic E-state index is 12.4. The minimum atomic E-state index is -0.287. The summed E-state index contributed by atoms with van der Waals surface area (Å²) in [6, 6.07) is 13.3. The summed E-state index contributed by atoms with van der Waals surface area (Å²) in [6.07, 6.45) is 2.40. The molecule has 154 valence electrons. The van der Waals surface area contributed by atoms with Crippen LogP contribution in [0.5, 0.6) is 0 Å². The molecule has 0 aliphatic heterocycles. The van der Waals surface area contributed by atoms with Gasteiger partial charge in [-0.15, -0.1) is 11.3 Å². The number of rotatable bonds is 6. The highest BCUT2D eigenvalue weighted by atomic mass is 32.1. The van der Waals surface area contributed by atoms with Crippen LogP contribution in [0.2, 0.25) is 0 Å². The predicted octanol–water partition coefficient (Wildman–Crippen LogP) is 4.77. The van der Waals surface area contributed by atoms with Crippen LogP contribution in [0, 0.1) is 13.8 Å². The first-order chi connectivity index (χ1) is 14.4. The van der Waals surface area contributed by atoms with Crippen LogP contribution in [-0.4, -0.2) is 23.0 Å². The van der Waals surface area contributed by atoms with Gasteiger partial charge in [-0.05, 0) is 49.1 Å². The molecular weight excluding hydrogens is 396 g/mol. The van der Waals surface area contributed by atoms with E-state index in [1.807, 2.05) is 44.2 Å². The Morgan fingerprint density at radius 3 is 2.40 bits per heavy atom. The van der Waals surface area contributed by atoms with Gasteiger partial charge in [0.1, 0.15) is 0 Å². The Bertz CT molecular complexity index is 1070. The molecule has 0 fully saturated rings. The fourth-order valence-electron chi connectivity index (χ4n) is 3.10. The molecule has 0 radical (unpaired) electrons. The van der Waals surface area contributed by atoms with Crippen LogP contribution < -0.4 is 10.3 Å². The number of amides is 2. The number of hydrogen-bond acceptors (Lipinski definition) is 5. The van der Waals surface area contributed by atoms with Crippen molar-refractivity contribution in [2.45, 2.75) is 34.1 Å². The zero-order valence-corrected chi connectivity index (χ0v) is 18.3. The molecule has 3 aromatic rings. The molecule has 6 nitrogen and oxygen atoms in total. The van der Waals surface area contributed by atoms with E-state index in [1.165, 1.54) is 30.0 Å². The number of thiazole rings is 1. The van der Waals surface area contributed by atoms with Gasteiger partial charge in [-0.1, -0.05) is 37.3 Å². The normalized spacial score (nSPS) is 10.9. The number of carbonyl (C=O) groups excluding carboxylic acids is 2. The van der Waals surface area contributed by atoms with Gasteiger partial charge in [0, 0.05) is 17.9 Å². The Labute approximate surface area is 180 Å². The largest absolute Gasteiger partial charge is 0.274 e. The van der Waals surface area contributed by atoms with Gasteiger partial charge in [-0.2, -0.15) is 5.10 Å². The summed E-state index contributed by atoms with van der Waals surface area (Å²) in [5.41, 5.74) is 7.62. The SMILES string of the molecule is CCc1ccc(C(=O)N/N=C\c2csc(N(C(C)=O)c3c(C)cccc3C)n2)cc1. The van der Waals surface area contributed by atoms with Crippen molar-refractivity contribution < 1.29 is 9.59 Å². The lowest BCUT2D eigenvalue weighted by Gasteiger charge is -2.22. The van der Waals surface area contributed by atoms with E-state index in [0.717, 1.165) is 23.2 Å². The molecule has 30 heavy (non-hydrogen) atoms. The number of hydrogen-bond donors (Lipinski definition) is 1. The minimum absolute atomic E-state index is 0.117. The summed E-state index contributed by atoms with van der Waals surface area (Å²) in [7, 11) is 0. The topological polar surface area (TPSA) is 74.7 Å². The molecule has 1 N–H and O–H groups in total. The molecule has 0 atom stereocenters. The Balaban J connectivity index is 1.74. The van der Waals surface area contributed by atoms with Gasteiger partial charge in [0.05, 0.1) is 17.6 Å². The third-order valence-corrected chi connectivity index (χ3v) is 5.51. The van der Waals surface area contributed by atoms with Crippen LogP contribution >= 0.6 is 11.3 Å². The third-order valence-electron chi connectivity index (χ3n) is 4.67. The van der Waals surface area contributed by atoms with Crippen molar-refractivity contribution in [1.29, 1.82) is 0 Å².